The van der Waals surface area contributed by atoms with Gasteiger partial charge in [0, 0.05) is 31.5 Å². The summed E-state index contributed by atoms with van der Waals surface area (Å²) in [7, 11) is 0. The molecule has 0 unspecified atom stereocenters. The Morgan fingerprint density at radius 2 is 1.90 bits per heavy atom. The molecule has 0 heterocycles. The number of aliphatic hydroxyl groups excluding tert-OH is 1. The van der Waals surface area contributed by atoms with Crippen molar-refractivity contribution in [2.24, 2.45) is 0 Å². The maximum Gasteiger partial charge on any atom is 0.303 e. The Labute approximate surface area is 173 Å². The SMILES string of the molecule is C=C(C)c1cccc(C2(NC[C@@H](O)CNC(=O)CCCC(=O)O)CCCCC2)c1. The van der Waals surface area contributed by atoms with Crippen molar-refractivity contribution in [3.05, 3.63) is 42.0 Å². The molecule has 0 spiro atoms. The van der Waals surface area contributed by atoms with Gasteiger partial charge in [-0.15, -0.1) is 0 Å². The number of aliphatic carboxylic acids is 1. The third kappa shape index (κ3) is 7.29. The molecule has 1 saturated carbocycles. The van der Waals surface area contributed by atoms with Gasteiger partial charge in [-0.1, -0.05) is 49.6 Å². The van der Waals surface area contributed by atoms with Gasteiger partial charge in [-0.05, 0) is 43.4 Å². The van der Waals surface area contributed by atoms with Gasteiger partial charge in [0.15, 0.2) is 0 Å². The van der Waals surface area contributed by atoms with Gasteiger partial charge in [-0.25, -0.2) is 0 Å². The lowest BCUT2D eigenvalue weighted by molar-refractivity contribution is -0.137. The minimum atomic E-state index is -0.907. The van der Waals surface area contributed by atoms with Crippen molar-refractivity contribution in [3.8, 4) is 0 Å². The van der Waals surface area contributed by atoms with Crippen molar-refractivity contribution in [3.63, 3.8) is 0 Å². The Morgan fingerprint density at radius 1 is 1.17 bits per heavy atom. The first-order chi connectivity index (χ1) is 13.8. The molecule has 29 heavy (non-hydrogen) atoms. The summed E-state index contributed by atoms with van der Waals surface area (Å²) in [5, 5.41) is 25.3. The van der Waals surface area contributed by atoms with Crippen LogP contribution in [0.2, 0.25) is 0 Å². The molecule has 1 aliphatic carbocycles. The first-order valence-corrected chi connectivity index (χ1v) is 10.5. The molecule has 6 nitrogen and oxygen atoms in total. The van der Waals surface area contributed by atoms with E-state index in [0.717, 1.165) is 36.8 Å². The maximum atomic E-state index is 11.8. The average Bonchev–Trinajstić information content (AvgIpc) is 2.71. The fourth-order valence-corrected chi connectivity index (χ4v) is 3.91. The summed E-state index contributed by atoms with van der Waals surface area (Å²) >= 11 is 0. The van der Waals surface area contributed by atoms with Crippen molar-refractivity contribution in [1.82, 2.24) is 10.6 Å². The molecule has 1 atom stereocenters. The molecule has 0 bridgehead atoms. The van der Waals surface area contributed by atoms with Crippen LogP contribution in [0.1, 0.15) is 69.4 Å². The zero-order valence-corrected chi connectivity index (χ0v) is 17.4. The first kappa shape index (κ1) is 23.1. The summed E-state index contributed by atoms with van der Waals surface area (Å²) in [4.78, 5) is 22.3. The largest absolute Gasteiger partial charge is 0.481 e. The van der Waals surface area contributed by atoms with E-state index in [4.69, 9.17) is 5.11 Å². The second-order valence-electron chi connectivity index (χ2n) is 8.09. The van der Waals surface area contributed by atoms with E-state index in [-0.39, 0.29) is 30.8 Å². The highest BCUT2D eigenvalue weighted by Crippen LogP contribution is 2.37. The fraction of sp³-hybridized carbons (Fsp3) is 0.565. The molecule has 1 amide bonds. The molecule has 0 aliphatic heterocycles. The third-order valence-electron chi connectivity index (χ3n) is 5.62. The molecule has 4 N–H and O–H groups in total. The summed E-state index contributed by atoms with van der Waals surface area (Å²) in [5.74, 6) is -1.14. The van der Waals surface area contributed by atoms with Crippen molar-refractivity contribution in [2.45, 2.75) is 69.9 Å². The van der Waals surface area contributed by atoms with Gasteiger partial charge in [-0.2, -0.15) is 0 Å². The van der Waals surface area contributed by atoms with Crippen molar-refractivity contribution >= 4 is 17.4 Å². The number of aliphatic hydroxyl groups is 1. The highest BCUT2D eigenvalue weighted by atomic mass is 16.4. The van der Waals surface area contributed by atoms with E-state index in [1.165, 1.54) is 12.0 Å². The molecule has 0 aromatic heterocycles. The third-order valence-corrected chi connectivity index (χ3v) is 5.62. The second-order valence-corrected chi connectivity index (χ2v) is 8.09. The number of hydrogen-bond donors (Lipinski definition) is 4. The number of benzene rings is 1. The summed E-state index contributed by atoms with van der Waals surface area (Å²) < 4.78 is 0. The predicted molar refractivity (Wildman–Crippen MR) is 114 cm³/mol. The van der Waals surface area contributed by atoms with E-state index < -0.39 is 12.1 Å². The van der Waals surface area contributed by atoms with Crippen LogP contribution in [0.25, 0.3) is 5.57 Å². The monoisotopic (exact) mass is 402 g/mol. The van der Waals surface area contributed by atoms with E-state index in [1.54, 1.807) is 0 Å². The summed E-state index contributed by atoms with van der Waals surface area (Å²) in [6.45, 7) is 6.59. The van der Waals surface area contributed by atoms with E-state index in [1.807, 2.05) is 6.92 Å². The van der Waals surface area contributed by atoms with Gasteiger partial charge in [-0.3, -0.25) is 9.59 Å². The summed E-state index contributed by atoms with van der Waals surface area (Å²) in [6, 6.07) is 8.46. The number of allylic oxidation sites excluding steroid dienone is 1. The number of carbonyl (C=O) groups is 2. The van der Waals surface area contributed by atoms with Gasteiger partial charge in [0.05, 0.1) is 6.10 Å². The average molecular weight is 403 g/mol. The van der Waals surface area contributed by atoms with Gasteiger partial charge in [0.25, 0.3) is 0 Å². The molecule has 160 valence electrons. The Hall–Kier alpha value is -2.18. The lowest BCUT2D eigenvalue weighted by Gasteiger charge is -2.40. The van der Waals surface area contributed by atoms with Crippen LogP contribution in [0.5, 0.6) is 0 Å². The molecule has 0 saturated heterocycles. The maximum absolute atomic E-state index is 11.8. The standard InChI is InChI=1S/C23H34N2O4/c1-17(2)18-8-6-9-19(14-18)23(12-4-3-5-13-23)25-16-20(26)15-24-21(27)10-7-11-22(28)29/h6,8-9,14,20,25-26H,1,3-5,7,10-13,15-16H2,2H3,(H,24,27)(H,28,29)/t20-/m0/s1. The molecule has 2 rings (SSSR count). The van der Waals surface area contributed by atoms with Crippen LogP contribution in [0, 0.1) is 0 Å². The van der Waals surface area contributed by atoms with E-state index in [2.05, 4.69) is 41.5 Å². The van der Waals surface area contributed by atoms with Crippen LogP contribution in [-0.2, 0) is 15.1 Å². The van der Waals surface area contributed by atoms with Crippen molar-refractivity contribution in [2.75, 3.05) is 13.1 Å². The van der Waals surface area contributed by atoms with E-state index in [9.17, 15) is 14.7 Å². The highest BCUT2D eigenvalue weighted by molar-refractivity contribution is 5.76. The summed E-state index contributed by atoms with van der Waals surface area (Å²) in [5.41, 5.74) is 3.21. The van der Waals surface area contributed by atoms with E-state index >= 15 is 0 Å². The lowest BCUT2D eigenvalue weighted by Crippen LogP contribution is -2.49. The molecule has 1 fully saturated rings. The molecule has 1 aliphatic rings. The smallest absolute Gasteiger partial charge is 0.303 e. The Kier molecular flexibility index (Phi) is 8.86. The molecular weight excluding hydrogens is 368 g/mol. The predicted octanol–water partition coefficient (Wildman–Crippen LogP) is 3.20. The fourth-order valence-electron chi connectivity index (χ4n) is 3.91. The summed E-state index contributed by atoms with van der Waals surface area (Å²) in [6.07, 6.45) is 5.26. The van der Waals surface area contributed by atoms with Gasteiger partial charge in [0.2, 0.25) is 5.91 Å². The quantitative estimate of drug-likeness (QED) is 0.456. The first-order valence-electron chi connectivity index (χ1n) is 10.5. The van der Waals surface area contributed by atoms with Gasteiger partial charge in [0.1, 0.15) is 0 Å². The zero-order valence-electron chi connectivity index (χ0n) is 17.4. The molecule has 6 heteroatoms. The number of amides is 1. The Bertz CT molecular complexity index is 711. The van der Waals surface area contributed by atoms with Crippen LogP contribution in [-0.4, -0.2) is 41.3 Å². The number of nitrogens with one attached hydrogen (secondary N) is 2. The normalized spacial score (nSPS) is 16.8. The van der Waals surface area contributed by atoms with Crippen LogP contribution < -0.4 is 10.6 Å². The van der Waals surface area contributed by atoms with Gasteiger partial charge >= 0.3 is 5.97 Å². The minimum Gasteiger partial charge on any atom is -0.481 e. The lowest BCUT2D eigenvalue weighted by atomic mass is 9.76. The number of carbonyl (C=O) groups excluding carboxylic acids is 1. The number of hydrogen-bond acceptors (Lipinski definition) is 4. The van der Waals surface area contributed by atoms with Crippen LogP contribution in [0.4, 0.5) is 0 Å². The van der Waals surface area contributed by atoms with Crippen molar-refractivity contribution in [1.29, 1.82) is 0 Å². The van der Waals surface area contributed by atoms with Crippen LogP contribution in [0.3, 0.4) is 0 Å². The highest BCUT2D eigenvalue weighted by Gasteiger charge is 2.34. The second kappa shape index (κ2) is 11.1. The van der Waals surface area contributed by atoms with Crippen molar-refractivity contribution < 1.29 is 19.8 Å². The molecule has 0 radical (unpaired) electrons. The number of carboxylic acid groups (broad SMARTS) is 1. The van der Waals surface area contributed by atoms with Gasteiger partial charge < -0.3 is 20.8 Å². The number of carboxylic acids is 1. The molecular formula is C23H34N2O4. The molecule has 1 aromatic rings. The minimum absolute atomic E-state index is 0.0245. The van der Waals surface area contributed by atoms with Crippen LogP contribution in [0.15, 0.2) is 30.8 Å². The zero-order chi connectivity index (χ0) is 21.3. The topological polar surface area (TPSA) is 98.7 Å². The number of rotatable bonds is 11. The molecule has 1 aromatic carbocycles. The van der Waals surface area contributed by atoms with E-state index in [0.29, 0.717) is 13.0 Å². The van der Waals surface area contributed by atoms with Crippen LogP contribution >= 0.6 is 0 Å². The Balaban J connectivity index is 1.92. The Morgan fingerprint density at radius 3 is 2.55 bits per heavy atom.